The van der Waals surface area contributed by atoms with E-state index < -0.39 is 5.69 Å². The number of H-pyrrole nitrogens is 1. The Morgan fingerprint density at radius 2 is 1.86 bits per heavy atom. The summed E-state index contributed by atoms with van der Waals surface area (Å²) < 4.78 is 3.44. The highest BCUT2D eigenvalue weighted by molar-refractivity contribution is 5.74. The van der Waals surface area contributed by atoms with E-state index in [4.69, 9.17) is 4.98 Å². The number of benzene rings is 1. The number of aryl methyl sites for hydroxylation is 3. The molecular weight excluding hydrogens is 368 g/mol. The van der Waals surface area contributed by atoms with Crippen molar-refractivity contribution in [3.63, 3.8) is 0 Å². The fourth-order valence-electron chi connectivity index (χ4n) is 4.14. The molecule has 0 unspecified atom stereocenters. The highest BCUT2D eigenvalue weighted by Gasteiger charge is 2.25. The highest BCUT2D eigenvalue weighted by atomic mass is 16.2. The lowest BCUT2D eigenvalue weighted by Gasteiger charge is -2.32. The summed E-state index contributed by atoms with van der Waals surface area (Å²) in [6, 6.07) is 10.3. The maximum Gasteiger partial charge on any atom is 0.329 e. The molecule has 0 spiro atoms. The van der Waals surface area contributed by atoms with E-state index in [9.17, 15) is 9.59 Å². The smallest absolute Gasteiger partial charge is 0.329 e. The van der Waals surface area contributed by atoms with Crippen LogP contribution in [0.5, 0.6) is 0 Å². The molecule has 4 rings (SSSR count). The van der Waals surface area contributed by atoms with Crippen LogP contribution in [-0.4, -0.2) is 51.8 Å². The molecule has 8 heteroatoms. The fourth-order valence-corrected chi connectivity index (χ4v) is 4.14. The number of quaternary nitrogens is 1. The zero-order chi connectivity index (χ0) is 20.4. The van der Waals surface area contributed by atoms with Gasteiger partial charge in [0, 0.05) is 13.6 Å². The molecule has 3 heterocycles. The largest absolute Gasteiger partial charge is 0.332 e. The maximum absolute atomic E-state index is 12.6. The Morgan fingerprint density at radius 3 is 2.55 bits per heavy atom. The van der Waals surface area contributed by atoms with Crippen LogP contribution in [0.4, 0.5) is 5.95 Å². The van der Waals surface area contributed by atoms with Gasteiger partial charge in [-0.15, -0.1) is 0 Å². The topological polar surface area (TPSA) is 80.4 Å². The third kappa shape index (κ3) is 3.85. The molecule has 154 valence electrons. The summed E-state index contributed by atoms with van der Waals surface area (Å²) in [4.78, 5) is 35.7. The average Bonchev–Trinajstić information content (AvgIpc) is 3.13. The molecule has 2 aromatic heterocycles. The van der Waals surface area contributed by atoms with Gasteiger partial charge in [0.1, 0.15) is 0 Å². The Hall–Kier alpha value is -2.87. The van der Waals surface area contributed by atoms with E-state index in [0.717, 1.165) is 51.5 Å². The number of piperazine rings is 1. The Bertz CT molecular complexity index is 1090. The van der Waals surface area contributed by atoms with Crippen molar-refractivity contribution in [2.45, 2.75) is 26.3 Å². The minimum Gasteiger partial charge on any atom is -0.332 e. The first kappa shape index (κ1) is 19.4. The average molecular weight is 398 g/mol. The lowest BCUT2D eigenvalue weighted by molar-refractivity contribution is -0.898. The van der Waals surface area contributed by atoms with Crippen molar-refractivity contribution in [1.29, 1.82) is 0 Å². The summed E-state index contributed by atoms with van der Waals surface area (Å²) in [6.07, 6.45) is 1.82. The molecule has 29 heavy (non-hydrogen) atoms. The first-order valence-corrected chi connectivity index (χ1v) is 10.4. The number of fused-ring (bicyclic) bond motifs is 1. The number of aromatic amines is 1. The second-order valence-electron chi connectivity index (χ2n) is 7.73. The summed E-state index contributed by atoms with van der Waals surface area (Å²) in [5, 5.41) is 0. The molecule has 1 saturated heterocycles. The summed E-state index contributed by atoms with van der Waals surface area (Å²) in [6.45, 7) is 7.92. The summed E-state index contributed by atoms with van der Waals surface area (Å²) >= 11 is 0. The molecule has 0 saturated carbocycles. The van der Waals surface area contributed by atoms with Gasteiger partial charge in [0.05, 0.1) is 32.7 Å². The zero-order valence-electron chi connectivity index (χ0n) is 17.1. The second kappa shape index (κ2) is 8.24. The molecule has 1 fully saturated rings. The van der Waals surface area contributed by atoms with Crippen LogP contribution in [0.2, 0.25) is 0 Å². The van der Waals surface area contributed by atoms with Gasteiger partial charge >= 0.3 is 5.69 Å². The number of anilines is 1. The van der Waals surface area contributed by atoms with Gasteiger partial charge in [-0.1, -0.05) is 30.3 Å². The molecule has 0 radical (unpaired) electrons. The minimum absolute atomic E-state index is 0.362. The van der Waals surface area contributed by atoms with Gasteiger partial charge in [-0.25, -0.2) is 4.79 Å². The molecule has 0 amide bonds. The van der Waals surface area contributed by atoms with Gasteiger partial charge < -0.3 is 14.4 Å². The Balaban J connectivity index is 1.68. The Morgan fingerprint density at radius 1 is 1.14 bits per heavy atom. The molecule has 1 aliphatic rings. The van der Waals surface area contributed by atoms with Crippen LogP contribution < -0.4 is 21.0 Å². The van der Waals surface area contributed by atoms with E-state index in [-0.39, 0.29) is 5.56 Å². The highest BCUT2D eigenvalue weighted by Crippen LogP contribution is 2.20. The quantitative estimate of drug-likeness (QED) is 0.603. The van der Waals surface area contributed by atoms with Crippen LogP contribution in [0.1, 0.15) is 18.9 Å². The molecule has 0 aliphatic carbocycles. The summed E-state index contributed by atoms with van der Waals surface area (Å²) in [7, 11) is 1.66. The van der Waals surface area contributed by atoms with E-state index in [1.165, 1.54) is 10.1 Å². The van der Waals surface area contributed by atoms with Crippen molar-refractivity contribution in [3.05, 3.63) is 56.7 Å². The first-order chi connectivity index (χ1) is 14.1. The van der Waals surface area contributed by atoms with Crippen LogP contribution in [0, 0.1) is 0 Å². The third-order valence-electron chi connectivity index (χ3n) is 5.93. The minimum atomic E-state index is -0.428. The van der Waals surface area contributed by atoms with Crippen LogP contribution in [-0.2, 0) is 20.0 Å². The van der Waals surface area contributed by atoms with Gasteiger partial charge in [0.15, 0.2) is 11.2 Å². The summed E-state index contributed by atoms with van der Waals surface area (Å²) in [5.74, 6) is 0.801. The van der Waals surface area contributed by atoms with Crippen LogP contribution in [0.25, 0.3) is 11.2 Å². The van der Waals surface area contributed by atoms with Gasteiger partial charge in [-0.3, -0.25) is 14.3 Å². The first-order valence-electron chi connectivity index (χ1n) is 10.4. The molecule has 0 atom stereocenters. The number of imidazole rings is 1. The number of rotatable bonds is 6. The van der Waals surface area contributed by atoms with Crippen molar-refractivity contribution >= 4 is 17.1 Å². The van der Waals surface area contributed by atoms with Gasteiger partial charge in [-0.2, -0.15) is 4.98 Å². The van der Waals surface area contributed by atoms with E-state index in [0.29, 0.717) is 17.7 Å². The number of nitrogens with one attached hydrogen (secondary N) is 2. The molecule has 2 N–H and O–H groups in total. The van der Waals surface area contributed by atoms with Crippen molar-refractivity contribution in [1.82, 2.24) is 19.1 Å². The van der Waals surface area contributed by atoms with E-state index in [1.807, 2.05) is 22.8 Å². The van der Waals surface area contributed by atoms with Crippen molar-refractivity contribution in [2.24, 2.45) is 7.05 Å². The fraction of sp³-hybridized carbons (Fsp3) is 0.476. The predicted molar refractivity (Wildman–Crippen MR) is 114 cm³/mol. The lowest BCUT2D eigenvalue weighted by atomic mass is 10.1. The van der Waals surface area contributed by atoms with E-state index in [2.05, 4.69) is 28.9 Å². The normalized spacial score (nSPS) is 15.3. The number of hydrogen-bond donors (Lipinski definition) is 2. The van der Waals surface area contributed by atoms with Crippen molar-refractivity contribution in [3.8, 4) is 0 Å². The lowest BCUT2D eigenvalue weighted by Crippen LogP contribution is -3.14. The molecule has 0 bridgehead atoms. The summed E-state index contributed by atoms with van der Waals surface area (Å²) in [5.41, 5.74) is 1.43. The number of aromatic nitrogens is 4. The predicted octanol–water partition coefficient (Wildman–Crippen LogP) is -0.219. The van der Waals surface area contributed by atoms with Gasteiger partial charge in [-0.05, 0) is 25.3 Å². The van der Waals surface area contributed by atoms with Crippen LogP contribution >= 0.6 is 0 Å². The number of hydrogen-bond acceptors (Lipinski definition) is 4. The molecule has 1 aliphatic heterocycles. The standard InChI is InChI=1S/C21H28N6O2/c1-3-25-12-14-26(15-13-25)20-22-18-17(19(28)23-21(29)24(18)2)27(20)11-7-10-16-8-5-4-6-9-16/h4-6,8-9H,3,7,10-15H2,1-2H3,(H,23,28,29)/p+1. The monoisotopic (exact) mass is 397 g/mol. The van der Waals surface area contributed by atoms with Crippen molar-refractivity contribution < 1.29 is 4.90 Å². The Labute approximate surface area is 169 Å². The zero-order valence-corrected chi connectivity index (χ0v) is 17.1. The van der Waals surface area contributed by atoms with E-state index in [1.54, 1.807) is 11.9 Å². The number of likely N-dealkylation sites (N-methyl/N-ethyl adjacent to an activating group) is 1. The van der Waals surface area contributed by atoms with E-state index >= 15 is 0 Å². The van der Waals surface area contributed by atoms with Gasteiger partial charge in [0.25, 0.3) is 5.56 Å². The third-order valence-corrected chi connectivity index (χ3v) is 5.93. The molecule has 8 nitrogen and oxygen atoms in total. The van der Waals surface area contributed by atoms with Crippen molar-refractivity contribution in [2.75, 3.05) is 37.6 Å². The molecular formula is C21H29N6O2+. The second-order valence-corrected chi connectivity index (χ2v) is 7.73. The SMILES string of the molecule is CC[NH+]1CCN(c2nc3c(c(=O)[nH]c(=O)n3C)n2CCCc2ccccc2)CC1. The van der Waals surface area contributed by atoms with Crippen LogP contribution in [0.3, 0.4) is 0 Å². The molecule has 3 aromatic rings. The van der Waals surface area contributed by atoms with Gasteiger partial charge in [0.2, 0.25) is 5.95 Å². The number of nitrogens with zero attached hydrogens (tertiary/aromatic N) is 4. The maximum atomic E-state index is 12.6. The Kier molecular flexibility index (Phi) is 5.53. The van der Waals surface area contributed by atoms with Crippen LogP contribution in [0.15, 0.2) is 39.9 Å². The molecule has 1 aromatic carbocycles.